The van der Waals surface area contributed by atoms with Crippen molar-refractivity contribution in [2.24, 2.45) is 4.99 Å². The molecule has 1 aliphatic carbocycles. The monoisotopic (exact) mass is 382 g/mol. The summed E-state index contributed by atoms with van der Waals surface area (Å²) in [4.78, 5) is 4.85. The third-order valence-corrected chi connectivity index (χ3v) is 5.53. The van der Waals surface area contributed by atoms with Crippen LogP contribution in [0.15, 0.2) is 70.4 Å². The summed E-state index contributed by atoms with van der Waals surface area (Å²) in [6, 6.07) is 13.1. The minimum absolute atomic E-state index is 0.0961. The highest BCUT2D eigenvalue weighted by Gasteiger charge is 2.29. The topological polar surface area (TPSA) is 24.4 Å². The number of nitrogens with zero attached hydrogens (tertiary/aromatic N) is 1. The number of halogens is 2. The van der Waals surface area contributed by atoms with Gasteiger partial charge >= 0.3 is 0 Å². The van der Waals surface area contributed by atoms with Gasteiger partial charge in [-0.3, -0.25) is 0 Å². The van der Waals surface area contributed by atoms with Gasteiger partial charge in [-0.15, -0.1) is 0 Å². The molecule has 27 heavy (non-hydrogen) atoms. The lowest BCUT2D eigenvalue weighted by molar-refractivity contribution is 0.623. The van der Waals surface area contributed by atoms with E-state index in [9.17, 15) is 8.78 Å². The fraction of sp³-hybridized carbons (Fsp3) is 0.227. The maximum Gasteiger partial charge on any atom is 0.161 e. The molecule has 2 aromatic rings. The molecule has 0 bridgehead atoms. The van der Waals surface area contributed by atoms with Gasteiger partial charge in [0.05, 0.1) is 0 Å². The SMILES string of the molecule is CSC1=NC(c2ccc(F)cc2)C2=C(N1)/C(=C/c1ccc(F)cc1)CCC2. The van der Waals surface area contributed by atoms with Crippen molar-refractivity contribution in [1.82, 2.24) is 5.32 Å². The number of hydrogen-bond donors (Lipinski definition) is 1. The van der Waals surface area contributed by atoms with E-state index in [-0.39, 0.29) is 17.7 Å². The van der Waals surface area contributed by atoms with Gasteiger partial charge in [-0.1, -0.05) is 36.0 Å². The summed E-state index contributed by atoms with van der Waals surface area (Å²) in [5, 5.41) is 4.33. The molecule has 0 saturated heterocycles. The number of allylic oxidation sites excluding steroid dienone is 1. The number of amidine groups is 1. The van der Waals surface area contributed by atoms with Crippen LogP contribution >= 0.6 is 11.8 Å². The van der Waals surface area contributed by atoms with Crippen molar-refractivity contribution in [2.45, 2.75) is 25.3 Å². The fourth-order valence-corrected chi connectivity index (χ4v) is 4.04. The Morgan fingerprint density at radius 1 is 1.00 bits per heavy atom. The van der Waals surface area contributed by atoms with Gasteiger partial charge in [-0.25, -0.2) is 13.8 Å². The molecule has 0 aromatic heterocycles. The van der Waals surface area contributed by atoms with Crippen molar-refractivity contribution in [3.63, 3.8) is 0 Å². The highest BCUT2D eigenvalue weighted by Crippen LogP contribution is 2.41. The fourth-order valence-electron chi connectivity index (χ4n) is 3.62. The van der Waals surface area contributed by atoms with Crippen LogP contribution < -0.4 is 5.32 Å². The third-order valence-electron chi connectivity index (χ3n) is 4.93. The van der Waals surface area contributed by atoms with Gasteiger partial charge in [0.25, 0.3) is 0 Å². The van der Waals surface area contributed by atoms with Gasteiger partial charge in [0.2, 0.25) is 0 Å². The van der Waals surface area contributed by atoms with Crippen LogP contribution in [0.5, 0.6) is 0 Å². The van der Waals surface area contributed by atoms with Gasteiger partial charge in [0.1, 0.15) is 17.7 Å². The predicted molar refractivity (Wildman–Crippen MR) is 108 cm³/mol. The lowest BCUT2D eigenvalue weighted by atomic mass is 9.84. The van der Waals surface area contributed by atoms with Crippen molar-refractivity contribution < 1.29 is 8.78 Å². The van der Waals surface area contributed by atoms with E-state index in [0.717, 1.165) is 41.3 Å². The van der Waals surface area contributed by atoms with E-state index in [4.69, 9.17) is 4.99 Å². The van der Waals surface area contributed by atoms with Crippen LogP contribution in [0.3, 0.4) is 0 Å². The maximum absolute atomic E-state index is 13.4. The zero-order valence-corrected chi connectivity index (χ0v) is 15.8. The molecule has 2 aliphatic rings. The highest BCUT2D eigenvalue weighted by atomic mass is 32.2. The van der Waals surface area contributed by atoms with Crippen molar-refractivity contribution >= 4 is 23.0 Å². The second-order valence-corrected chi connectivity index (χ2v) is 7.49. The number of thioether (sulfide) groups is 1. The summed E-state index contributed by atoms with van der Waals surface area (Å²) < 4.78 is 26.6. The first-order chi connectivity index (χ1) is 13.1. The Morgan fingerprint density at radius 2 is 1.67 bits per heavy atom. The molecule has 1 aliphatic heterocycles. The molecule has 138 valence electrons. The summed E-state index contributed by atoms with van der Waals surface area (Å²) >= 11 is 1.57. The average molecular weight is 382 g/mol. The molecule has 1 N–H and O–H groups in total. The van der Waals surface area contributed by atoms with Gasteiger partial charge in [-0.05, 0) is 78.1 Å². The number of benzene rings is 2. The second kappa shape index (κ2) is 7.69. The minimum atomic E-state index is -0.239. The maximum atomic E-state index is 13.4. The van der Waals surface area contributed by atoms with E-state index in [2.05, 4.69) is 11.4 Å². The Labute approximate surface area is 162 Å². The van der Waals surface area contributed by atoms with Crippen LogP contribution in [0, 0.1) is 11.6 Å². The lowest BCUT2D eigenvalue weighted by Gasteiger charge is -2.32. The first-order valence-corrected chi connectivity index (χ1v) is 10.2. The molecule has 0 saturated carbocycles. The summed E-state index contributed by atoms with van der Waals surface area (Å²) in [6.07, 6.45) is 7.06. The largest absolute Gasteiger partial charge is 0.335 e. The Hall–Kier alpha value is -2.40. The van der Waals surface area contributed by atoms with E-state index in [1.807, 2.05) is 18.4 Å². The molecule has 0 spiro atoms. The molecule has 0 fully saturated rings. The normalized spacial score (nSPS) is 20.9. The molecule has 5 heteroatoms. The van der Waals surface area contributed by atoms with E-state index in [1.165, 1.54) is 35.4 Å². The van der Waals surface area contributed by atoms with Crippen molar-refractivity contribution in [3.8, 4) is 0 Å². The molecule has 4 rings (SSSR count). The van der Waals surface area contributed by atoms with Crippen molar-refractivity contribution in [1.29, 1.82) is 0 Å². The molecular weight excluding hydrogens is 362 g/mol. The summed E-state index contributed by atoms with van der Waals surface area (Å²) in [5.41, 5.74) is 5.53. The zero-order valence-electron chi connectivity index (χ0n) is 15.0. The predicted octanol–water partition coefficient (Wildman–Crippen LogP) is 5.85. The third kappa shape index (κ3) is 3.83. The van der Waals surface area contributed by atoms with E-state index < -0.39 is 0 Å². The van der Waals surface area contributed by atoms with Crippen LogP contribution in [0.1, 0.15) is 36.4 Å². The van der Waals surface area contributed by atoms with Crippen LogP contribution in [-0.4, -0.2) is 11.4 Å². The standard InChI is InChI=1S/C22H20F2N2S/c1-27-22-25-20(15-7-11-18(24)12-8-15)19-4-2-3-16(21(19)26-22)13-14-5-9-17(23)10-6-14/h5-13,20H,2-4H2,1H3,(H,25,26)/b16-13+. The van der Waals surface area contributed by atoms with Crippen molar-refractivity contribution in [2.75, 3.05) is 6.26 Å². The molecule has 0 amide bonds. The van der Waals surface area contributed by atoms with Gasteiger partial charge < -0.3 is 5.32 Å². The van der Waals surface area contributed by atoms with Crippen LogP contribution in [-0.2, 0) is 0 Å². The van der Waals surface area contributed by atoms with Crippen LogP contribution in [0.4, 0.5) is 8.78 Å². The number of nitrogens with one attached hydrogen (secondary N) is 1. The Balaban J connectivity index is 1.76. The van der Waals surface area contributed by atoms with Gasteiger partial charge in [0, 0.05) is 5.70 Å². The molecule has 1 heterocycles. The van der Waals surface area contributed by atoms with Crippen LogP contribution in [0.2, 0.25) is 0 Å². The van der Waals surface area contributed by atoms with Crippen LogP contribution in [0.25, 0.3) is 6.08 Å². The average Bonchev–Trinajstić information content (AvgIpc) is 2.70. The summed E-state index contributed by atoms with van der Waals surface area (Å²) in [5.74, 6) is -0.471. The number of aliphatic imine (C=N–C) groups is 1. The molecule has 1 atom stereocenters. The minimum Gasteiger partial charge on any atom is -0.335 e. The number of hydrogen-bond acceptors (Lipinski definition) is 3. The highest BCUT2D eigenvalue weighted by molar-refractivity contribution is 8.13. The Kier molecular flexibility index (Phi) is 5.12. The van der Waals surface area contributed by atoms with Gasteiger partial charge in [0.15, 0.2) is 5.17 Å². The molecule has 0 radical (unpaired) electrons. The smallest absolute Gasteiger partial charge is 0.161 e. The van der Waals surface area contributed by atoms with Gasteiger partial charge in [-0.2, -0.15) is 0 Å². The van der Waals surface area contributed by atoms with E-state index in [1.54, 1.807) is 23.9 Å². The van der Waals surface area contributed by atoms with E-state index in [0.29, 0.717) is 0 Å². The molecule has 2 aromatic carbocycles. The summed E-state index contributed by atoms with van der Waals surface area (Å²) in [7, 11) is 0. The van der Waals surface area contributed by atoms with E-state index >= 15 is 0 Å². The quantitative estimate of drug-likeness (QED) is 0.705. The second-order valence-electron chi connectivity index (χ2n) is 6.69. The zero-order chi connectivity index (χ0) is 18.8. The lowest BCUT2D eigenvalue weighted by Crippen LogP contribution is -2.30. The van der Waals surface area contributed by atoms with Crippen molar-refractivity contribution in [3.05, 3.63) is 88.1 Å². The first kappa shape index (κ1) is 18.0. The number of rotatable bonds is 2. The summed E-state index contributed by atoms with van der Waals surface area (Å²) in [6.45, 7) is 0. The first-order valence-electron chi connectivity index (χ1n) is 8.98. The Bertz CT molecular complexity index is 928. The molecule has 1 unspecified atom stereocenters. The molecular formula is C22H20F2N2S. The Morgan fingerprint density at radius 3 is 2.33 bits per heavy atom. The molecule has 2 nitrogen and oxygen atoms in total.